The Morgan fingerprint density at radius 3 is 2.64 bits per heavy atom. The van der Waals surface area contributed by atoms with Gasteiger partial charge >= 0.3 is 15.6 Å². The number of nitrogen functional groups attached to an aromatic ring is 1. The molecule has 15 nitrogen and oxygen atoms in total. The van der Waals surface area contributed by atoms with Crippen molar-refractivity contribution in [2.24, 2.45) is 0 Å². The molecule has 0 spiro atoms. The Bertz CT molecular complexity index is 1430. The monoisotopic (exact) mass is 541 g/mol. The molecular weight excluding hydrogens is 520 g/mol. The van der Waals surface area contributed by atoms with Crippen molar-refractivity contribution in [3.63, 3.8) is 0 Å². The summed E-state index contributed by atoms with van der Waals surface area (Å²) >= 11 is 0. The van der Waals surface area contributed by atoms with Gasteiger partial charge in [0.25, 0.3) is 0 Å². The van der Waals surface area contributed by atoms with E-state index in [0.29, 0.717) is 16.6 Å². The van der Waals surface area contributed by atoms with Gasteiger partial charge in [-0.05, 0) is 25.0 Å². The number of hydrogen-bond donors (Lipinski definition) is 6. The second-order valence-corrected chi connectivity index (χ2v) is 10.7. The molecule has 4 unspecified atom stereocenters. The standard InChI is InChI=1S/C19H21N5O10P2/c1-19(26)15(25)13(9-32-36(30,31)34-35(27,28)29)33-18(19)24-8-11(5-6-12-4-2-3-7-21-12)14-16(20)22-10-23-17(14)24/h2-4,7-8,10,13,15,18,25-26H,9H2,1H3,(H,30,31)(H2,20,22,23)(H2,27,28,29)/t13?,15?,18?,19-/m1/s1. The SMILES string of the molecule is C[C@@]1(O)C(O)C(COP(=O)(O)OP(=O)(O)O)OC1n1cc(C#Cc2ccccn2)c2c(N)ncnc21. The van der Waals surface area contributed by atoms with Gasteiger partial charge in [-0.1, -0.05) is 12.0 Å². The van der Waals surface area contributed by atoms with Crippen LogP contribution in [-0.4, -0.2) is 68.8 Å². The molecule has 0 aromatic carbocycles. The predicted octanol–water partition coefficient (Wildman–Crippen LogP) is 0.0439. The highest BCUT2D eigenvalue weighted by molar-refractivity contribution is 7.60. The first-order valence-electron chi connectivity index (χ1n) is 10.1. The molecule has 0 aliphatic carbocycles. The normalized spacial score (nSPS) is 25.9. The number of aliphatic hydroxyl groups is 2. The highest BCUT2D eigenvalue weighted by atomic mass is 31.3. The smallest absolute Gasteiger partial charge is 0.387 e. The summed E-state index contributed by atoms with van der Waals surface area (Å²) in [6, 6.07) is 5.21. The molecule has 17 heteroatoms. The van der Waals surface area contributed by atoms with Gasteiger partial charge in [0, 0.05) is 12.4 Å². The van der Waals surface area contributed by atoms with Crippen LogP contribution in [0.25, 0.3) is 11.0 Å². The zero-order chi connectivity index (χ0) is 26.3. The van der Waals surface area contributed by atoms with Gasteiger partial charge < -0.3 is 39.9 Å². The highest BCUT2D eigenvalue weighted by Crippen LogP contribution is 2.58. The van der Waals surface area contributed by atoms with Gasteiger partial charge in [0.1, 0.15) is 41.3 Å². The van der Waals surface area contributed by atoms with Gasteiger partial charge in [0.15, 0.2) is 6.23 Å². The maximum Gasteiger partial charge on any atom is 0.481 e. The van der Waals surface area contributed by atoms with Crippen molar-refractivity contribution < 1.29 is 47.6 Å². The number of anilines is 1. The number of aliphatic hydroxyl groups excluding tert-OH is 1. The van der Waals surface area contributed by atoms with Crippen LogP contribution >= 0.6 is 15.6 Å². The number of nitrogens with zero attached hydrogens (tertiary/aromatic N) is 4. The third kappa shape index (κ3) is 5.49. The van der Waals surface area contributed by atoms with E-state index >= 15 is 0 Å². The molecule has 1 aliphatic rings. The molecule has 4 rings (SSSR count). The second kappa shape index (κ2) is 9.62. The average Bonchev–Trinajstić information content (AvgIpc) is 3.25. The Morgan fingerprint density at radius 1 is 1.22 bits per heavy atom. The van der Waals surface area contributed by atoms with Crippen LogP contribution < -0.4 is 5.73 Å². The molecule has 0 saturated carbocycles. The van der Waals surface area contributed by atoms with E-state index in [9.17, 15) is 24.2 Å². The van der Waals surface area contributed by atoms with Crippen molar-refractivity contribution in [2.45, 2.75) is 31.0 Å². The van der Waals surface area contributed by atoms with Crippen LogP contribution in [0.15, 0.2) is 36.9 Å². The third-order valence-electron chi connectivity index (χ3n) is 5.25. The van der Waals surface area contributed by atoms with E-state index in [2.05, 4.69) is 35.6 Å². The molecule has 0 radical (unpaired) electrons. The van der Waals surface area contributed by atoms with E-state index in [-0.39, 0.29) is 11.5 Å². The molecule has 4 heterocycles. The van der Waals surface area contributed by atoms with E-state index < -0.39 is 46.3 Å². The fourth-order valence-electron chi connectivity index (χ4n) is 3.65. The summed E-state index contributed by atoms with van der Waals surface area (Å²) in [7, 11) is -10.6. The number of ether oxygens (including phenoxy) is 1. The molecule has 3 aromatic rings. The number of rotatable bonds is 6. The van der Waals surface area contributed by atoms with Crippen LogP contribution in [0, 0.1) is 11.8 Å². The van der Waals surface area contributed by atoms with Crippen molar-refractivity contribution in [3.05, 3.63) is 48.2 Å². The van der Waals surface area contributed by atoms with Crippen molar-refractivity contribution in [3.8, 4) is 11.8 Å². The first-order chi connectivity index (χ1) is 16.8. The van der Waals surface area contributed by atoms with Crippen LogP contribution in [-0.2, 0) is 22.7 Å². The molecular formula is C19H21N5O10P2. The zero-order valence-corrected chi connectivity index (χ0v) is 20.2. The fourth-order valence-corrected chi connectivity index (χ4v) is 5.25. The Hall–Kier alpha value is -2.73. The van der Waals surface area contributed by atoms with Crippen LogP contribution in [0.4, 0.5) is 5.82 Å². The fraction of sp³-hybridized carbons (Fsp3) is 0.316. The minimum atomic E-state index is -5.35. The second-order valence-electron chi connectivity index (χ2n) is 7.91. The molecule has 3 aromatic heterocycles. The van der Waals surface area contributed by atoms with Gasteiger partial charge in [-0.2, -0.15) is 4.31 Å². The lowest BCUT2D eigenvalue weighted by Gasteiger charge is -2.27. The number of pyridine rings is 1. The zero-order valence-electron chi connectivity index (χ0n) is 18.4. The predicted molar refractivity (Wildman–Crippen MR) is 122 cm³/mol. The quantitative estimate of drug-likeness (QED) is 0.179. The minimum Gasteiger partial charge on any atom is -0.387 e. The Morgan fingerprint density at radius 2 is 1.97 bits per heavy atom. The third-order valence-corrected chi connectivity index (χ3v) is 7.40. The average molecular weight is 541 g/mol. The van der Waals surface area contributed by atoms with Gasteiger partial charge in [-0.3, -0.25) is 4.52 Å². The Balaban J connectivity index is 1.67. The van der Waals surface area contributed by atoms with E-state index in [1.807, 2.05) is 0 Å². The molecule has 1 fully saturated rings. The van der Waals surface area contributed by atoms with Crippen molar-refractivity contribution in [1.82, 2.24) is 19.5 Å². The maximum absolute atomic E-state index is 11.8. The van der Waals surface area contributed by atoms with Crippen molar-refractivity contribution in [1.29, 1.82) is 0 Å². The summed E-state index contributed by atoms with van der Waals surface area (Å²) in [5, 5.41) is 22.0. The molecule has 5 atom stereocenters. The van der Waals surface area contributed by atoms with Crippen LogP contribution in [0.5, 0.6) is 0 Å². The number of aromatic nitrogens is 4. The lowest BCUT2D eigenvalue weighted by molar-refractivity contribution is -0.0947. The van der Waals surface area contributed by atoms with E-state index in [0.717, 1.165) is 0 Å². The first kappa shape index (κ1) is 26.3. The molecule has 1 aliphatic heterocycles. The van der Waals surface area contributed by atoms with Crippen molar-refractivity contribution in [2.75, 3.05) is 12.3 Å². The number of hydrogen-bond acceptors (Lipinski definition) is 11. The Kier molecular flexibility index (Phi) is 7.04. The molecule has 192 valence electrons. The van der Waals surface area contributed by atoms with Gasteiger partial charge in [-0.15, -0.1) is 0 Å². The largest absolute Gasteiger partial charge is 0.481 e. The first-order valence-corrected chi connectivity index (χ1v) is 13.2. The number of nitrogens with two attached hydrogens (primary N) is 1. The summed E-state index contributed by atoms with van der Waals surface area (Å²) in [5.74, 6) is 5.91. The lowest BCUT2D eigenvalue weighted by atomic mass is 9.96. The maximum atomic E-state index is 11.8. The molecule has 36 heavy (non-hydrogen) atoms. The van der Waals surface area contributed by atoms with E-state index in [1.165, 1.54) is 24.0 Å². The number of phosphoric ester groups is 1. The Labute approximate surface area is 203 Å². The van der Waals surface area contributed by atoms with E-state index in [4.69, 9.17) is 20.3 Å². The topological polar surface area (TPSA) is 233 Å². The number of fused-ring (bicyclic) bond motifs is 1. The van der Waals surface area contributed by atoms with Gasteiger partial charge in [0.2, 0.25) is 0 Å². The molecule has 1 saturated heterocycles. The number of phosphoric acid groups is 2. The van der Waals surface area contributed by atoms with Gasteiger partial charge in [-0.25, -0.2) is 24.1 Å². The molecule has 7 N–H and O–H groups in total. The van der Waals surface area contributed by atoms with Gasteiger partial charge in [0.05, 0.1) is 17.6 Å². The summed E-state index contributed by atoms with van der Waals surface area (Å²) in [6.45, 7) is 0.396. The summed E-state index contributed by atoms with van der Waals surface area (Å²) in [4.78, 5) is 39.3. The highest BCUT2D eigenvalue weighted by Gasteiger charge is 2.54. The van der Waals surface area contributed by atoms with Crippen LogP contribution in [0.2, 0.25) is 0 Å². The molecule has 0 amide bonds. The van der Waals surface area contributed by atoms with Crippen LogP contribution in [0.1, 0.15) is 24.4 Å². The summed E-state index contributed by atoms with van der Waals surface area (Å²) < 4.78 is 38.0. The van der Waals surface area contributed by atoms with Crippen LogP contribution in [0.3, 0.4) is 0 Å². The van der Waals surface area contributed by atoms with Crippen molar-refractivity contribution >= 4 is 32.5 Å². The van der Waals surface area contributed by atoms with E-state index in [1.54, 1.807) is 24.4 Å². The molecule has 0 bridgehead atoms. The minimum absolute atomic E-state index is 0.0953. The summed E-state index contributed by atoms with van der Waals surface area (Å²) in [6.07, 6.45) is -0.151. The summed E-state index contributed by atoms with van der Waals surface area (Å²) in [5.41, 5.74) is 5.13. The lowest BCUT2D eigenvalue weighted by Crippen LogP contribution is -2.44.